The maximum atomic E-state index is 6.09. The molecule has 2 unspecified atom stereocenters. The van der Waals surface area contributed by atoms with Crippen LogP contribution in [-0.4, -0.2) is 30.3 Å². The summed E-state index contributed by atoms with van der Waals surface area (Å²) in [6.07, 6.45) is 6.86. The Kier molecular flexibility index (Phi) is 5.80. The summed E-state index contributed by atoms with van der Waals surface area (Å²) in [4.78, 5) is 4.37. The third-order valence-electron chi connectivity index (χ3n) is 3.69. The second-order valence-electron chi connectivity index (χ2n) is 5.78. The van der Waals surface area contributed by atoms with E-state index in [2.05, 4.69) is 24.1 Å². The predicted octanol–water partition coefficient (Wildman–Crippen LogP) is 2.92. The van der Waals surface area contributed by atoms with Crippen LogP contribution >= 0.6 is 0 Å². The molecule has 1 aromatic rings. The number of ether oxygens (including phenoxy) is 2. The van der Waals surface area contributed by atoms with Gasteiger partial charge < -0.3 is 14.8 Å². The molecule has 1 aromatic heterocycles. The summed E-state index contributed by atoms with van der Waals surface area (Å²) in [5, 5.41) is 3.37. The van der Waals surface area contributed by atoms with Crippen LogP contribution < -0.4 is 10.1 Å². The van der Waals surface area contributed by atoms with Gasteiger partial charge in [-0.15, -0.1) is 0 Å². The van der Waals surface area contributed by atoms with Gasteiger partial charge in [0.15, 0.2) is 0 Å². The Morgan fingerprint density at radius 3 is 2.90 bits per heavy atom. The minimum atomic E-state index is 0.266. The molecule has 1 fully saturated rings. The number of nitrogens with one attached hydrogen (secondary N) is 1. The number of methoxy groups -OCH3 is 1. The zero-order valence-electron chi connectivity index (χ0n) is 12.8. The van der Waals surface area contributed by atoms with E-state index in [9.17, 15) is 0 Å². The Morgan fingerprint density at radius 1 is 1.35 bits per heavy atom. The van der Waals surface area contributed by atoms with E-state index in [0.717, 1.165) is 37.3 Å². The maximum absolute atomic E-state index is 6.09. The fourth-order valence-corrected chi connectivity index (χ4v) is 2.55. The van der Waals surface area contributed by atoms with Crippen LogP contribution in [0.2, 0.25) is 0 Å². The highest BCUT2D eigenvalue weighted by Crippen LogP contribution is 2.25. The van der Waals surface area contributed by atoms with Crippen molar-refractivity contribution in [3.63, 3.8) is 0 Å². The summed E-state index contributed by atoms with van der Waals surface area (Å²) >= 11 is 0. The highest BCUT2D eigenvalue weighted by Gasteiger charge is 2.23. The molecule has 0 bridgehead atoms. The summed E-state index contributed by atoms with van der Waals surface area (Å²) in [6, 6.07) is 4.43. The summed E-state index contributed by atoms with van der Waals surface area (Å²) < 4.78 is 11.5. The van der Waals surface area contributed by atoms with Gasteiger partial charge in [0.1, 0.15) is 11.9 Å². The van der Waals surface area contributed by atoms with E-state index >= 15 is 0 Å². The first-order valence-corrected chi connectivity index (χ1v) is 7.55. The van der Waals surface area contributed by atoms with E-state index in [1.165, 1.54) is 6.42 Å². The van der Waals surface area contributed by atoms with E-state index in [-0.39, 0.29) is 6.10 Å². The van der Waals surface area contributed by atoms with E-state index in [1.54, 1.807) is 7.11 Å². The second-order valence-corrected chi connectivity index (χ2v) is 5.78. The molecule has 4 nitrogen and oxygen atoms in total. The Labute approximate surface area is 121 Å². The fraction of sp³-hybridized carbons (Fsp3) is 0.688. The van der Waals surface area contributed by atoms with Gasteiger partial charge in [-0.2, -0.15) is 0 Å². The Bertz CT molecular complexity index is 409. The molecule has 1 heterocycles. The van der Waals surface area contributed by atoms with Gasteiger partial charge in [-0.05, 0) is 25.3 Å². The molecule has 1 aliphatic rings. The molecule has 0 amide bonds. The molecule has 1 N–H and O–H groups in total. The fourth-order valence-electron chi connectivity index (χ4n) is 2.55. The molecule has 1 saturated carbocycles. The van der Waals surface area contributed by atoms with E-state index < -0.39 is 0 Å². The Balaban J connectivity index is 1.90. The van der Waals surface area contributed by atoms with Crippen molar-refractivity contribution in [2.24, 2.45) is 0 Å². The van der Waals surface area contributed by atoms with Gasteiger partial charge in [0.2, 0.25) is 0 Å². The zero-order chi connectivity index (χ0) is 14.4. The molecule has 1 aliphatic carbocycles. The lowest BCUT2D eigenvalue weighted by atomic mass is 9.95. The summed E-state index contributed by atoms with van der Waals surface area (Å²) in [6.45, 7) is 5.04. The number of nitrogens with zero attached hydrogens (tertiary/aromatic N) is 1. The van der Waals surface area contributed by atoms with Crippen molar-refractivity contribution in [3.8, 4) is 5.75 Å². The first-order valence-electron chi connectivity index (χ1n) is 7.55. The molecule has 0 saturated heterocycles. The number of pyridine rings is 1. The quantitative estimate of drug-likeness (QED) is 0.869. The monoisotopic (exact) mass is 278 g/mol. The van der Waals surface area contributed by atoms with Gasteiger partial charge in [-0.1, -0.05) is 13.8 Å². The molecule has 0 aliphatic heterocycles. The van der Waals surface area contributed by atoms with Gasteiger partial charge in [0.05, 0.1) is 11.8 Å². The van der Waals surface area contributed by atoms with Gasteiger partial charge in [0.25, 0.3) is 0 Å². The lowest BCUT2D eigenvalue weighted by molar-refractivity contribution is 0.0209. The summed E-state index contributed by atoms with van der Waals surface area (Å²) in [7, 11) is 1.79. The van der Waals surface area contributed by atoms with Gasteiger partial charge >= 0.3 is 0 Å². The van der Waals surface area contributed by atoms with Crippen LogP contribution in [0.4, 0.5) is 0 Å². The Hall–Kier alpha value is -1.13. The van der Waals surface area contributed by atoms with Crippen molar-refractivity contribution in [1.29, 1.82) is 0 Å². The molecule has 112 valence electrons. The molecule has 20 heavy (non-hydrogen) atoms. The molecule has 0 aromatic carbocycles. The first kappa shape index (κ1) is 15.3. The average Bonchev–Trinajstić information content (AvgIpc) is 2.46. The van der Waals surface area contributed by atoms with Crippen molar-refractivity contribution in [2.45, 2.75) is 64.3 Å². The van der Waals surface area contributed by atoms with Crippen LogP contribution in [0.1, 0.15) is 45.2 Å². The van der Waals surface area contributed by atoms with Crippen LogP contribution in [0, 0.1) is 0 Å². The summed E-state index contributed by atoms with van der Waals surface area (Å²) in [5.41, 5.74) is 1.02. The lowest BCUT2D eigenvalue weighted by Crippen LogP contribution is -2.29. The van der Waals surface area contributed by atoms with Crippen LogP contribution in [0.5, 0.6) is 5.75 Å². The summed E-state index contributed by atoms with van der Waals surface area (Å²) in [5.74, 6) is 0.919. The predicted molar refractivity (Wildman–Crippen MR) is 79.9 cm³/mol. The van der Waals surface area contributed by atoms with Crippen LogP contribution in [0.3, 0.4) is 0 Å². The first-order chi connectivity index (χ1) is 9.67. The third kappa shape index (κ3) is 4.76. The standard InChI is InChI=1S/C16H26N2O2/c1-12(2)18-11-13-9-16(7-8-17-13)20-15-6-4-5-14(10-15)19-3/h7-9,12,14-15,18H,4-6,10-11H2,1-3H3. The topological polar surface area (TPSA) is 43.4 Å². The van der Waals surface area contributed by atoms with Crippen LogP contribution in [0.25, 0.3) is 0 Å². The lowest BCUT2D eigenvalue weighted by Gasteiger charge is -2.28. The van der Waals surface area contributed by atoms with E-state index in [0.29, 0.717) is 12.1 Å². The van der Waals surface area contributed by atoms with Crippen LogP contribution in [0.15, 0.2) is 18.3 Å². The smallest absolute Gasteiger partial charge is 0.123 e. The normalized spacial score (nSPS) is 23.0. The van der Waals surface area contributed by atoms with Crippen molar-refractivity contribution in [1.82, 2.24) is 10.3 Å². The molecular formula is C16H26N2O2. The molecule has 0 radical (unpaired) electrons. The molecular weight excluding hydrogens is 252 g/mol. The third-order valence-corrected chi connectivity index (χ3v) is 3.69. The maximum Gasteiger partial charge on any atom is 0.123 e. The molecule has 2 rings (SSSR count). The minimum Gasteiger partial charge on any atom is -0.490 e. The Morgan fingerprint density at radius 2 is 2.15 bits per heavy atom. The van der Waals surface area contributed by atoms with E-state index in [1.807, 2.05) is 18.3 Å². The van der Waals surface area contributed by atoms with Gasteiger partial charge in [-0.3, -0.25) is 4.98 Å². The average molecular weight is 278 g/mol. The number of aromatic nitrogens is 1. The van der Waals surface area contributed by atoms with Crippen molar-refractivity contribution in [2.75, 3.05) is 7.11 Å². The number of rotatable bonds is 6. The number of hydrogen-bond donors (Lipinski definition) is 1. The number of hydrogen-bond acceptors (Lipinski definition) is 4. The van der Waals surface area contributed by atoms with Gasteiger partial charge in [-0.25, -0.2) is 0 Å². The van der Waals surface area contributed by atoms with Crippen molar-refractivity contribution < 1.29 is 9.47 Å². The van der Waals surface area contributed by atoms with Crippen LogP contribution in [-0.2, 0) is 11.3 Å². The van der Waals surface area contributed by atoms with Crippen molar-refractivity contribution >= 4 is 0 Å². The second kappa shape index (κ2) is 7.60. The van der Waals surface area contributed by atoms with Gasteiger partial charge in [0, 0.05) is 38.4 Å². The minimum absolute atomic E-state index is 0.266. The van der Waals surface area contributed by atoms with E-state index in [4.69, 9.17) is 9.47 Å². The molecule has 4 heteroatoms. The molecule has 0 spiro atoms. The SMILES string of the molecule is COC1CCCC(Oc2ccnc(CNC(C)C)c2)C1. The highest BCUT2D eigenvalue weighted by atomic mass is 16.5. The van der Waals surface area contributed by atoms with Crippen molar-refractivity contribution in [3.05, 3.63) is 24.0 Å². The largest absolute Gasteiger partial charge is 0.490 e. The highest BCUT2D eigenvalue weighted by molar-refractivity contribution is 5.23. The zero-order valence-corrected chi connectivity index (χ0v) is 12.8. The molecule has 2 atom stereocenters.